The van der Waals surface area contributed by atoms with Gasteiger partial charge in [0.05, 0.1) is 26.4 Å². The number of carbonyl (C=O) groups excluding carboxylic acids is 3. The molecule has 0 aromatic carbocycles. The summed E-state index contributed by atoms with van der Waals surface area (Å²) in [7, 11) is 0. The maximum absolute atomic E-state index is 11.5. The third kappa shape index (κ3) is 5.46. The van der Waals surface area contributed by atoms with E-state index in [-0.39, 0.29) is 44.0 Å². The third-order valence-electron chi connectivity index (χ3n) is 3.00. The minimum Gasteiger partial charge on any atom is -0.435 e. The van der Waals surface area contributed by atoms with Crippen LogP contribution >= 0.6 is 0 Å². The second-order valence-electron chi connectivity index (χ2n) is 4.46. The van der Waals surface area contributed by atoms with Gasteiger partial charge < -0.3 is 18.9 Å². The first-order valence-electron chi connectivity index (χ1n) is 6.67. The molecule has 0 saturated heterocycles. The van der Waals surface area contributed by atoms with Crippen molar-refractivity contribution in [3.63, 3.8) is 0 Å². The fraction of sp³-hybridized carbons (Fsp3) is 0.769. The maximum Gasteiger partial charge on any atom is 0.508 e. The average Bonchev–Trinajstić information content (AvgIpc) is 2.75. The lowest BCUT2D eigenvalue weighted by molar-refractivity contribution is -0.118. The van der Waals surface area contributed by atoms with Gasteiger partial charge in [-0.25, -0.2) is 9.59 Å². The molecule has 0 unspecified atom stereocenters. The lowest BCUT2D eigenvalue weighted by Crippen LogP contribution is -2.23. The maximum atomic E-state index is 11.5. The summed E-state index contributed by atoms with van der Waals surface area (Å²) in [6.45, 7) is 3.99. The van der Waals surface area contributed by atoms with Gasteiger partial charge in [0.15, 0.2) is 0 Å². The predicted molar refractivity (Wildman–Crippen MR) is 67.2 cm³/mol. The van der Waals surface area contributed by atoms with E-state index in [4.69, 9.17) is 9.47 Å². The molecule has 7 heteroatoms. The van der Waals surface area contributed by atoms with E-state index in [0.717, 1.165) is 0 Å². The van der Waals surface area contributed by atoms with Crippen LogP contribution in [0.15, 0.2) is 0 Å². The molecule has 2 atom stereocenters. The molecule has 1 fully saturated rings. The van der Waals surface area contributed by atoms with Gasteiger partial charge in [0.2, 0.25) is 0 Å². The van der Waals surface area contributed by atoms with Crippen molar-refractivity contribution in [3.8, 4) is 0 Å². The highest BCUT2D eigenvalue weighted by molar-refractivity contribution is 5.81. The molecule has 0 amide bonds. The van der Waals surface area contributed by atoms with Crippen molar-refractivity contribution in [1.29, 1.82) is 0 Å². The monoisotopic (exact) mass is 288 g/mol. The van der Waals surface area contributed by atoms with E-state index in [0.29, 0.717) is 12.8 Å². The number of ether oxygens (including phenoxy) is 4. The molecule has 20 heavy (non-hydrogen) atoms. The van der Waals surface area contributed by atoms with Crippen LogP contribution in [0.3, 0.4) is 0 Å². The van der Waals surface area contributed by atoms with Gasteiger partial charge in [0.1, 0.15) is 5.78 Å². The van der Waals surface area contributed by atoms with Crippen molar-refractivity contribution in [1.82, 2.24) is 0 Å². The standard InChI is InChI=1S/C13H20O7/c1-3-17-12(15)19-7-9-5-11(14)6-10(9)8-20-13(16)18-4-2/h9-10H,3-8H2,1-2H3/t9-,10-/m1/s1. The molecule has 1 aliphatic carbocycles. The van der Waals surface area contributed by atoms with Crippen molar-refractivity contribution in [2.24, 2.45) is 11.8 Å². The summed E-state index contributed by atoms with van der Waals surface area (Å²) in [6, 6.07) is 0. The smallest absolute Gasteiger partial charge is 0.435 e. The summed E-state index contributed by atoms with van der Waals surface area (Å²) in [5, 5.41) is 0. The Kier molecular flexibility index (Phi) is 6.83. The molecule has 0 aliphatic heterocycles. The van der Waals surface area contributed by atoms with Crippen LogP contribution < -0.4 is 0 Å². The second-order valence-corrected chi connectivity index (χ2v) is 4.46. The lowest BCUT2D eigenvalue weighted by Gasteiger charge is -2.18. The number of hydrogen-bond acceptors (Lipinski definition) is 7. The topological polar surface area (TPSA) is 88.1 Å². The van der Waals surface area contributed by atoms with Crippen molar-refractivity contribution in [2.45, 2.75) is 26.7 Å². The van der Waals surface area contributed by atoms with Crippen molar-refractivity contribution < 1.29 is 33.3 Å². The summed E-state index contributed by atoms with van der Waals surface area (Å²) < 4.78 is 19.1. The number of rotatable bonds is 6. The van der Waals surface area contributed by atoms with Crippen molar-refractivity contribution >= 4 is 18.1 Å². The van der Waals surface area contributed by atoms with Crippen LogP contribution in [-0.2, 0) is 23.7 Å². The Morgan fingerprint density at radius 1 is 0.900 bits per heavy atom. The zero-order valence-corrected chi connectivity index (χ0v) is 11.8. The van der Waals surface area contributed by atoms with E-state index in [1.165, 1.54) is 0 Å². The van der Waals surface area contributed by atoms with E-state index >= 15 is 0 Å². The van der Waals surface area contributed by atoms with Crippen LogP contribution in [0, 0.1) is 11.8 Å². The predicted octanol–water partition coefficient (Wildman–Crippen LogP) is 1.93. The van der Waals surface area contributed by atoms with Gasteiger partial charge in [-0.15, -0.1) is 0 Å². The van der Waals surface area contributed by atoms with Crippen molar-refractivity contribution in [3.05, 3.63) is 0 Å². The molecule has 114 valence electrons. The van der Waals surface area contributed by atoms with Gasteiger partial charge in [-0.2, -0.15) is 0 Å². The lowest BCUT2D eigenvalue weighted by atomic mass is 9.98. The molecule has 1 saturated carbocycles. The Balaban J connectivity index is 2.37. The van der Waals surface area contributed by atoms with Crippen molar-refractivity contribution in [2.75, 3.05) is 26.4 Å². The molecular formula is C13H20O7. The van der Waals surface area contributed by atoms with Crippen LogP contribution in [0.25, 0.3) is 0 Å². The summed E-state index contributed by atoms with van der Waals surface area (Å²) in [5.41, 5.74) is 0. The molecule has 0 heterocycles. The van der Waals surface area contributed by atoms with E-state index in [1.807, 2.05) is 0 Å². The average molecular weight is 288 g/mol. The van der Waals surface area contributed by atoms with Gasteiger partial charge >= 0.3 is 12.3 Å². The first kappa shape index (κ1) is 16.3. The summed E-state index contributed by atoms with van der Waals surface area (Å²) in [4.78, 5) is 33.7. The molecule has 0 aromatic heterocycles. The highest BCUT2D eigenvalue weighted by atomic mass is 16.7. The van der Waals surface area contributed by atoms with Gasteiger partial charge in [-0.05, 0) is 13.8 Å². The zero-order valence-electron chi connectivity index (χ0n) is 11.8. The zero-order chi connectivity index (χ0) is 15.0. The van der Waals surface area contributed by atoms with Gasteiger partial charge in [0.25, 0.3) is 0 Å². The number of ketones is 1. The Morgan fingerprint density at radius 2 is 1.30 bits per heavy atom. The van der Waals surface area contributed by atoms with Gasteiger partial charge in [-0.3, -0.25) is 4.79 Å². The normalized spacial score (nSPS) is 21.4. The summed E-state index contributed by atoms with van der Waals surface area (Å²) >= 11 is 0. The first-order valence-corrected chi connectivity index (χ1v) is 6.67. The summed E-state index contributed by atoms with van der Waals surface area (Å²) in [5.74, 6) is -0.234. The molecule has 1 aliphatic rings. The molecule has 0 radical (unpaired) electrons. The Hall–Kier alpha value is -1.79. The van der Waals surface area contributed by atoms with Crippen LogP contribution in [-0.4, -0.2) is 44.5 Å². The van der Waals surface area contributed by atoms with Gasteiger partial charge in [0, 0.05) is 24.7 Å². The van der Waals surface area contributed by atoms with Crippen LogP contribution in [0.2, 0.25) is 0 Å². The summed E-state index contributed by atoms with van der Waals surface area (Å²) in [6.07, 6.45) is -0.874. The SMILES string of the molecule is CCOC(=O)OC[C@H]1CC(=O)C[C@@H]1COC(=O)OCC. The quantitative estimate of drug-likeness (QED) is 0.690. The largest absolute Gasteiger partial charge is 0.508 e. The Morgan fingerprint density at radius 3 is 1.65 bits per heavy atom. The minimum atomic E-state index is -0.753. The van der Waals surface area contributed by atoms with Crippen LogP contribution in [0.4, 0.5) is 9.59 Å². The fourth-order valence-electron chi connectivity index (χ4n) is 2.06. The van der Waals surface area contributed by atoms with E-state index in [1.54, 1.807) is 13.8 Å². The number of hydrogen-bond donors (Lipinski definition) is 0. The molecule has 7 nitrogen and oxygen atoms in total. The van der Waals surface area contributed by atoms with Gasteiger partial charge in [-0.1, -0.05) is 0 Å². The Bertz CT molecular complexity index is 321. The molecule has 0 spiro atoms. The van der Waals surface area contributed by atoms with E-state index in [2.05, 4.69) is 9.47 Å². The minimum absolute atomic E-state index is 0.0694. The fourth-order valence-corrected chi connectivity index (χ4v) is 2.06. The first-order chi connectivity index (χ1) is 9.56. The van der Waals surface area contributed by atoms with E-state index < -0.39 is 12.3 Å². The highest BCUT2D eigenvalue weighted by Gasteiger charge is 2.35. The number of carbonyl (C=O) groups is 3. The highest BCUT2D eigenvalue weighted by Crippen LogP contribution is 2.30. The third-order valence-corrected chi connectivity index (χ3v) is 3.00. The second kappa shape index (κ2) is 8.39. The van der Waals surface area contributed by atoms with Crippen LogP contribution in [0.1, 0.15) is 26.7 Å². The molecule has 0 aromatic rings. The van der Waals surface area contributed by atoms with E-state index in [9.17, 15) is 14.4 Å². The molecule has 0 N–H and O–H groups in total. The molecule has 1 rings (SSSR count). The molecular weight excluding hydrogens is 268 g/mol. The number of Topliss-reactive ketones (excluding diaryl/α,β-unsaturated/α-hetero) is 1. The van der Waals surface area contributed by atoms with Crippen LogP contribution in [0.5, 0.6) is 0 Å². The Labute approximate surface area is 117 Å². The molecule has 0 bridgehead atoms.